The van der Waals surface area contributed by atoms with E-state index in [0.717, 1.165) is 17.1 Å². The van der Waals surface area contributed by atoms with Crippen LogP contribution in [-0.2, 0) is 24.9 Å². The molecule has 0 fully saturated rings. The third kappa shape index (κ3) is 6.08. The quantitative estimate of drug-likeness (QED) is 0.534. The molecule has 0 spiro atoms. The van der Waals surface area contributed by atoms with Crippen LogP contribution in [0.25, 0.3) is 0 Å². The third-order valence-corrected chi connectivity index (χ3v) is 4.31. The molecule has 1 amide bonds. The highest BCUT2D eigenvalue weighted by Crippen LogP contribution is 2.15. The number of carbonyl (C=O) groups excluding carboxylic acids is 1. The average molecular weight is 395 g/mol. The van der Waals surface area contributed by atoms with Gasteiger partial charge in [0.05, 0.1) is 6.61 Å². The molecule has 1 heterocycles. The molecular formula is C22H25N3O4. The van der Waals surface area contributed by atoms with E-state index in [2.05, 4.69) is 10.3 Å². The van der Waals surface area contributed by atoms with Gasteiger partial charge in [-0.05, 0) is 42.0 Å². The summed E-state index contributed by atoms with van der Waals surface area (Å²) in [5.74, 6) is 2.13. The lowest BCUT2D eigenvalue weighted by Gasteiger charge is -2.10. The number of benzene rings is 2. The van der Waals surface area contributed by atoms with Gasteiger partial charge < -0.3 is 24.1 Å². The van der Waals surface area contributed by atoms with Crippen molar-refractivity contribution in [2.24, 2.45) is 7.05 Å². The van der Waals surface area contributed by atoms with Crippen molar-refractivity contribution in [2.45, 2.75) is 13.2 Å². The Kier molecular flexibility index (Phi) is 7.24. The molecule has 3 rings (SSSR count). The number of aryl methyl sites for hydroxylation is 1. The summed E-state index contributed by atoms with van der Waals surface area (Å²) >= 11 is 0. The number of hydrogen-bond donors (Lipinski definition) is 1. The van der Waals surface area contributed by atoms with Crippen LogP contribution in [0.3, 0.4) is 0 Å². The first-order valence-corrected chi connectivity index (χ1v) is 9.33. The molecule has 1 aromatic heterocycles. The molecule has 7 nitrogen and oxygen atoms in total. The van der Waals surface area contributed by atoms with E-state index in [4.69, 9.17) is 14.2 Å². The van der Waals surface area contributed by atoms with Crippen LogP contribution < -0.4 is 14.8 Å². The number of ether oxygens (including phenoxy) is 3. The lowest BCUT2D eigenvalue weighted by Crippen LogP contribution is -2.22. The van der Waals surface area contributed by atoms with E-state index in [1.165, 1.54) is 0 Å². The molecule has 1 N–H and O–H groups in total. The summed E-state index contributed by atoms with van der Waals surface area (Å²) in [5, 5.41) is 2.92. The van der Waals surface area contributed by atoms with Gasteiger partial charge in [-0.1, -0.05) is 12.1 Å². The monoisotopic (exact) mass is 395 g/mol. The summed E-state index contributed by atoms with van der Waals surface area (Å²) in [4.78, 5) is 16.6. The molecule has 0 unspecified atom stereocenters. The van der Waals surface area contributed by atoms with Gasteiger partial charge in [0.25, 0.3) is 5.91 Å². The van der Waals surface area contributed by atoms with Gasteiger partial charge in [-0.2, -0.15) is 0 Å². The van der Waals surface area contributed by atoms with Crippen LogP contribution in [0.1, 0.15) is 21.7 Å². The van der Waals surface area contributed by atoms with Crippen LogP contribution >= 0.6 is 0 Å². The highest BCUT2D eigenvalue weighted by Gasteiger charge is 2.07. The van der Waals surface area contributed by atoms with Crippen molar-refractivity contribution in [1.82, 2.24) is 14.9 Å². The first-order chi connectivity index (χ1) is 14.2. The fraction of sp³-hybridized carbons (Fsp3) is 0.273. The van der Waals surface area contributed by atoms with Crippen molar-refractivity contribution in [3.8, 4) is 11.5 Å². The summed E-state index contributed by atoms with van der Waals surface area (Å²) in [6.45, 7) is 1.80. The zero-order valence-corrected chi connectivity index (χ0v) is 16.6. The first-order valence-electron chi connectivity index (χ1n) is 9.33. The van der Waals surface area contributed by atoms with Gasteiger partial charge in [-0.15, -0.1) is 0 Å². The largest absolute Gasteiger partial charge is 0.491 e. The predicted octanol–water partition coefficient (Wildman–Crippen LogP) is 2.95. The summed E-state index contributed by atoms with van der Waals surface area (Å²) in [6, 6.07) is 14.7. The van der Waals surface area contributed by atoms with Crippen molar-refractivity contribution in [2.75, 3.05) is 20.3 Å². The lowest BCUT2D eigenvalue weighted by atomic mass is 10.2. The minimum atomic E-state index is -0.147. The molecule has 7 heteroatoms. The molecule has 0 radical (unpaired) electrons. The average Bonchev–Trinajstić information content (AvgIpc) is 3.16. The number of imidazole rings is 1. The highest BCUT2D eigenvalue weighted by molar-refractivity contribution is 5.94. The van der Waals surface area contributed by atoms with Crippen LogP contribution in [0, 0.1) is 0 Å². The van der Waals surface area contributed by atoms with Gasteiger partial charge >= 0.3 is 0 Å². The second-order valence-electron chi connectivity index (χ2n) is 6.44. The highest BCUT2D eigenvalue weighted by atomic mass is 16.5. The Labute approximate surface area is 170 Å². The zero-order chi connectivity index (χ0) is 20.5. The van der Waals surface area contributed by atoms with Gasteiger partial charge in [-0.3, -0.25) is 4.79 Å². The predicted molar refractivity (Wildman–Crippen MR) is 109 cm³/mol. The topological polar surface area (TPSA) is 74.6 Å². The van der Waals surface area contributed by atoms with Crippen molar-refractivity contribution in [1.29, 1.82) is 0 Å². The van der Waals surface area contributed by atoms with E-state index in [-0.39, 0.29) is 5.91 Å². The number of nitrogens with zero attached hydrogens (tertiary/aromatic N) is 2. The number of nitrogens with one attached hydrogen (secondary N) is 1. The summed E-state index contributed by atoms with van der Waals surface area (Å²) in [7, 11) is 3.55. The number of methoxy groups -OCH3 is 1. The Morgan fingerprint density at radius 3 is 2.62 bits per heavy atom. The summed E-state index contributed by atoms with van der Waals surface area (Å²) in [5.41, 5.74) is 1.53. The van der Waals surface area contributed by atoms with E-state index in [1.807, 2.05) is 42.1 Å². The van der Waals surface area contributed by atoms with Crippen LogP contribution in [0.4, 0.5) is 0 Å². The maximum Gasteiger partial charge on any atom is 0.251 e. The smallest absolute Gasteiger partial charge is 0.251 e. The maximum atomic E-state index is 12.4. The van der Waals surface area contributed by atoms with E-state index >= 15 is 0 Å². The molecule has 2 aromatic carbocycles. The maximum absolute atomic E-state index is 12.4. The molecule has 0 atom stereocenters. The van der Waals surface area contributed by atoms with Gasteiger partial charge in [0.1, 0.15) is 30.5 Å². The lowest BCUT2D eigenvalue weighted by molar-refractivity contribution is 0.0950. The van der Waals surface area contributed by atoms with Gasteiger partial charge in [-0.25, -0.2) is 4.98 Å². The zero-order valence-electron chi connectivity index (χ0n) is 16.6. The Morgan fingerprint density at radius 1 is 1.07 bits per heavy atom. The van der Waals surface area contributed by atoms with Gasteiger partial charge in [0, 0.05) is 38.7 Å². The number of hydrogen-bond acceptors (Lipinski definition) is 5. The SMILES string of the molecule is COCCOc1cccc(CNC(=O)c2ccc(OCc3nccn3C)cc2)c1. The Balaban J connectivity index is 1.49. The minimum Gasteiger partial charge on any atom is -0.491 e. The third-order valence-electron chi connectivity index (χ3n) is 4.31. The van der Waals surface area contributed by atoms with Crippen LogP contribution in [0.2, 0.25) is 0 Å². The van der Waals surface area contributed by atoms with Crippen molar-refractivity contribution in [3.63, 3.8) is 0 Å². The molecule has 0 saturated carbocycles. The number of carbonyl (C=O) groups is 1. The molecule has 0 aliphatic heterocycles. The molecule has 3 aromatic rings. The van der Waals surface area contributed by atoms with Crippen LogP contribution in [0.5, 0.6) is 11.5 Å². The van der Waals surface area contributed by atoms with E-state index in [1.54, 1.807) is 37.6 Å². The van der Waals surface area contributed by atoms with Crippen molar-refractivity contribution >= 4 is 5.91 Å². The first kappa shape index (κ1) is 20.4. The standard InChI is InChI=1S/C22H25N3O4/c1-25-11-10-23-21(25)16-29-19-8-6-18(7-9-19)22(26)24-15-17-4-3-5-20(14-17)28-13-12-27-2/h3-11,14H,12-13,15-16H2,1-2H3,(H,24,26). The normalized spacial score (nSPS) is 10.6. The van der Waals surface area contributed by atoms with Gasteiger partial charge in [0.15, 0.2) is 0 Å². The second kappa shape index (κ2) is 10.3. The minimum absolute atomic E-state index is 0.147. The van der Waals surface area contributed by atoms with Crippen LogP contribution in [-0.4, -0.2) is 35.8 Å². The molecule has 29 heavy (non-hydrogen) atoms. The fourth-order valence-corrected chi connectivity index (χ4v) is 2.66. The molecular weight excluding hydrogens is 370 g/mol. The number of aromatic nitrogens is 2. The molecule has 152 valence electrons. The van der Waals surface area contributed by atoms with E-state index in [9.17, 15) is 4.79 Å². The van der Waals surface area contributed by atoms with E-state index < -0.39 is 0 Å². The molecule has 0 aliphatic carbocycles. The Hall–Kier alpha value is -3.32. The van der Waals surface area contributed by atoms with Gasteiger partial charge in [0.2, 0.25) is 0 Å². The number of rotatable bonds is 10. The summed E-state index contributed by atoms with van der Waals surface area (Å²) < 4.78 is 18.2. The number of amides is 1. The Morgan fingerprint density at radius 2 is 1.90 bits per heavy atom. The molecule has 0 aliphatic rings. The molecule has 0 bridgehead atoms. The van der Waals surface area contributed by atoms with E-state index in [0.29, 0.717) is 37.7 Å². The fourth-order valence-electron chi connectivity index (χ4n) is 2.66. The molecule has 0 saturated heterocycles. The van der Waals surface area contributed by atoms with Crippen molar-refractivity contribution in [3.05, 3.63) is 77.9 Å². The second-order valence-corrected chi connectivity index (χ2v) is 6.44. The van der Waals surface area contributed by atoms with Crippen LogP contribution in [0.15, 0.2) is 60.9 Å². The Bertz CT molecular complexity index is 922. The van der Waals surface area contributed by atoms with Crippen molar-refractivity contribution < 1.29 is 19.0 Å². The summed E-state index contributed by atoms with van der Waals surface area (Å²) in [6.07, 6.45) is 3.60.